The van der Waals surface area contributed by atoms with Crippen LogP contribution in [0.5, 0.6) is 0 Å². The van der Waals surface area contributed by atoms with Crippen LogP contribution in [-0.2, 0) is 0 Å². The number of nitrogens with one attached hydrogen (secondary N) is 3. The molecule has 0 saturated carbocycles. The van der Waals surface area contributed by atoms with Gasteiger partial charge in [0.25, 0.3) is 0 Å². The molecule has 1 heterocycles. The molecule has 0 amide bonds. The van der Waals surface area contributed by atoms with Crippen LogP contribution in [0, 0.1) is 5.41 Å². The van der Waals surface area contributed by atoms with Gasteiger partial charge in [0.15, 0.2) is 5.16 Å². The van der Waals surface area contributed by atoms with Gasteiger partial charge in [-0.2, -0.15) is 0 Å². The number of thioether (sulfide) groups is 1. The molecule has 1 atom stereocenters. The molecule has 2 aromatic carbocycles. The molecule has 5 nitrogen and oxygen atoms in total. The number of alkyl halides is 1. The number of aromatic nitrogens is 2. The van der Waals surface area contributed by atoms with E-state index in [-0.39, 0.29) is 5.38 Å². The number of rotatable bonds is 9. The Bertz CT molecular complexity index is 1000. The Morgan fingerprint density at radius 2 is 1.83 bits per heavy atom. The molecule has 0 fully saturated rings. The first-order chi connectivity index (χ1) is 14.5. The third kappa shape index (κ3) is 6.20. The van der Waals surface area contributed by atoms with Crippen molar-refractivity contribution in [2.45, 2.75) is 29.6 Å². The highest BCUT2D eigenvalue weighted by Crippen LogP contribution is 2.30. The van der Waals surface area contributed by atoms with Gasteiger partial charge in [-0.15, -0.1) is 11.6 Å². The van der Waals surface area contributed by atoms with E-state index in [1.165, 1.54) is 6.21 Å². The molecular formula is C22H23BrClN5S. The Balaban J connectivity index is 1.90. The maximum atomic E-state index is 7.96. The van der Waals surface area contributed by atoms with Crippen LogP contribution in [0.25, 0.3) is 0 Å². The molecule has 0 radical (unpaired) electrons. The third-order valence-electron chi connectivity index (χ3n) is 4.11. The largest absolute Gasteiger partial charge is 0.367 e. The van der Waals surface area contributed by atoms with Crippen LogP contribution < -0.4 is 10.6 Å². The normalized spacial score (nSPS) is 11.9. The van der Waals surface area contributed by atoms with Crippen molar-refractivity contribution < 1.29 is 0 Å². The monoisotopic (exact) mass is 503 g/mol. The molecule has 0 aliphatic carbocycles. The van der Waals surface area contributed by atoms with Gasteiger partial charge in [-0.1, -0.05) is 77.9 Å². The second-order valence-electron chi connectivity index (χ2n) is 6.82. The summed E-state index contributed by atoms with van der Waals surface area (Å²) in [5, 5.41) is 15.3. The quantitative estimate of drug-likeness (QED) is 0.128. The molecule has 3 N–H and O–H groups in total. The van der Waals surface area contributed by atoms with E-state index in [0.717, 1.165) is 15.7 Å². The molecular weight excluding hydrogens is 482 g/mol. The molecule has 0 aliphatic heterocycles. The first kappa shape index (κ1) is 22.6. The second kappa shape index (κ2) is 10.8. The first-order valence-corrected chi connectivity index (χ1v) is 11.6. The summed E-state index contributed by atoms with van der Waals surface area (Å²) in [6.07, 6.45) is 1.26. The first-order valence-electron chi connectivity index (χ1n) is 9.51. The standard InChI is InChI=1S/C22H23BrClN5S/c1-14(2)30-22-28-20(26-13-19(24)15-7-4-3-5-8-15)18(12-25)21(29-22)27-17-10-6-9-16(23)11-17/h3-12,14,19,25H,13H2,1-2H3,(H2,26,27,28,29). The van der Waals surface area contributed by atoms with Crippen LogP contribution in [0.1, 0.15) is 30.4 Å². The summed E-state index contributed by atoms with van der Waals surface area (Å²) < 4.78 is 0.959. The van der Waals surface area contributed by atoms with E-state index >= 15 is 0 Å². The smallest absolute Gasteiger partial charge is 0.191 e. The fourth-order valence-electron chi connectivity index (χ4n) is 2.75. The summed E-state index contributed by atoms with van der Waals surface area (Å²) in [5.74, 6) is 1.16. The Labute approximate surface area is 194 Å². The van der Waals surface area contributed by atoms with E-state index in [9.17, 15) is 0 Å². The van der Waals surface area contributed by atoms with E-state index in [0.29, 0.717) is 34.2 Å². The van der Waals surface area contributed by atoms with E-state index in [2.05, 4.69) is 50.4 Å². The number of hydrogen-bond donors (Lipinski definition) is 3. The van der Waals surface area contributed by atoms with Crippen molar-refractivity contribution in [2.24, 2.45) is 0 Å². The topological polar surface area (TPSA) is 73.7 Å². The van der Waals surface area contributed by atoms with Gasteiger partial charge in [0.1, 0.15) is 11.6 Å². The maximum Gasteiger partial charge on any atom is 0.191 e. The van der Waals surface area contributed by atoms with Crippen molar-refractivity contribution in [3.63, 3.8) is 0 Å². The van der Waals surface area contributed by atoms with Crippen LogP contribution in [0.15, 0.2) is 64.2 Å². The molecule has 156 valence electrons. The van der Waals surface area contributed by atoms with Gasteiger partial charge in [-0.3, -0.25) is 0 Å². The average molecular weight is 505 g/mol. The zero-order valence-electron chi connectivity index (χ0n) is 16.7. The number of nitrogens with zero attached hydrogens (tertiary/aromatic N) is 2. The summed E-state index contributed by atoms with van der Waals surface area (Å²) in [7, 11) is 0. The van der Waals surface area contributed by atoms with E-state index < -0.39 is 0 Å². The summed E-state index contributed by atoms with van der Waals surface area (Å²) in [6, 6.07) is 17.7. The minimum absolute atomic E-state index is 0.220. The number of anilines is 3. The number of halogens is 2. The molecule has 0 bridgehead atoms. The molecule has 0 saturated heterocycles. The maximum absolute atomic E-state index is 7.96. The molecule has 8 heteroatoms. The minimum Gasteiger partial charge on any atom is -0.367 e. The third-order valence-corrected chi connectivity index (χ3v) is 5.87. The van der Waals surface area contributed by atoms with Crippen molar-refractivity contribution in [1.82, 2.24) is 9.97 Å². The van der Waals surface area contributed by atoms with Crippen LogP contribution in [0.2, 0.25) is 0 Å². The Morgan fingerprint density at radius 1 is 1.10 bits per heavy atom. The fraction of sp³-hybridized carbons (Fsp3) is 0.227. The second-order valence-corrected chi connectivity index (χ2v) is 9.81. The zero-order valence-corrected chi connectivity index (χ0v) is 19.9. The molecule has 0 spiro atoms. The van der Waals surface area contributed by atoms with Crippen LogP contribution >= 0.6 is 39.3 Å². The van der Waals surface area contributed by atoms with E-state index in [4.69, 9.17) is 17.0 Å². The summed E-state index contributed by atoms with van der Waals surface area (Å²) in [4.78, 5) is 9.31. The van der Waals surface area contributed by atoms with Crippen LogP contribution in [0.3, 0.4) is 0 Å². The van der Waals surface area contributed by atoms with Crippen molar-refractivity contribution in [3.05, 3.63) is 70.2 Å². The Kier molecular flexibility index (Phi) is 8.13. The van der Waals surface area contributed by atoms with Gasteiger partial charge in [0, 0.05) is 28.2 Å². The average Bonchev–Trinajstić information content (AvgIpc) is 2.72. The van der Waals surface area contributed by atoms with Gasteiger partial charge in [-0.05, 0) is 23.8 Å². The highest BCUT2D eigenvalue weighted by atomic mass is 79.9. The van der Waals surface area contributed by atoms with Crippen molar-refractivity contribution in [1.29, 1.82) is 5.41 Å². The predicted octanol–water partition coefficient (Wildman–Crippen LogP) is 6.87. The predicted molar refractivity (Wildman–Crippen MR) is 132 cm³/mol. The molecule has 0 aliphatic rings. The Hall–Kier alpha value is -2.09. The number of hydrogen-bond acceptors (Lipinski definition) is 6. The van der Waals surface area contributed by atoms with E-state index in [1.807, 2.05) is 54.6 Å². The highest BCUT2D eigenvalue weighted by molar-refractivity contribution is 9.10. The number of benzene rings is 2. The summed E-state index contributed by atoms with van der Waals surface area (Å²) >= 11 is 11.6. The van der Waals surface area contributed by atoms with Gasteiger partial charge in [-0.25, -0.2) is 9.97 Å². The lowest BCUT2D eigenvalue weighted by Crippen LogP contribution is -2.14. The van der Waals surface area contributed by atoms with Gasteiger partial charge in [0.05, 0.1) is 10.9 Å². The lowest BCUT2D eigenvalue weighted by Gasteiger charge is -2.17. The fourth-order valence-corrected chi connectivity index (χ4v) is 4.08. The molecule has 30 heavy (non-hydrogen) atoms. The molecule has 1 aromatic heterocycles. The lowest BCUT2D eigenvalue weighted by atomic mass is 10.1. The molecule has 3 aromatic rings. The minimum atomic E-state index is -0.220. The van der Waals surface area contributed by atoms with Gasteiger partial charge >= 0.3 is 0 Å². The lowest BCUT2D eigenvalue weighted by molar-refractivity contribution is 0.920. The van der Waals surface area contributed by atoms with Crippen molar-refractivity contribution in [3.8, 4) is 0 Å². The highest BCUT2D eigenvalue weighted by Gasteiger charge is 2.16. The molecule has 1 unspecified atom stereocenters. The van der Waals surface area contributed by atoms with Crippen molar-refractivity contribution >= 4 is 62.8 Å². The van der Waals surface area contributed by atoms with Gasteiger partial charge in [0.2, 0.25) is 0 Å². The summed E-state index contributed by atoms with van der Waals surface area (Å²) in [5.41, 5.74) is 2.48. The molecule has 3 rings (SSSR count). The van der Waals surface area contributed by atoms with E-state index in [1.54, 1.807) is 11.8 Å². The van der Waals surface area contributed by atoms with Crippen LogP contribution in [0.4, 0.5) is 17.3 Å². The summed E-state index contributed by atoms with van der Waals surface area (Å²) in [6.45, 7) is 4.67. The Morgan fingerprint density at radius 3 is 2.50 bits per heavy atom. The van der Waals surface area contributed by atoms with Crippen LogP contribution in [-0.4, -0.2) is 28.0 Å². The van der Waals surface area contributed by atoms with Crippen molar-refractivity contribution in [2.75, 3.05) is 17.2 Å². The SMILES string of the molecule is CC(C)Sc1nc(NCC(Cl)c2ccccc2)c(C=N)c(Nc2cccc(Br)c2)n1. The zero-order chi connectivity index (χ0) is 21.5. The van der Waals surface area contributed by atoms with Gasteiger partial charge < -0.3 is 16.0 Å².